The number of carbonyl (C=O) groups is 2. The largest absolute Gasteiger partial charge is 0.458 e. The Hall–Kier alpha value is -1.96. The fourth-order valence-corrected chi connectivity index (χ4v) is 6.48. The van der Waals surface area contributed by atoms with Gasteiger partial charge >= 0.3 is 11.9 Å². The van der Waals surface area contributed by atoms with Gasteiger partial charge < -0.3 is 24.1 Å². The van der Waals surface area contributed by atoms with Crippen LogP contribution in [0.3, 0.4) is 0 Å². The molecule has 7 nitrogen and oxygen atoms in total. The van der Waals surface area contributed by atoms with Crippen LogP contribution in [0.4, 0.5) is 0 Å². The quantitative estimate of drug-likeness (QED) is 0.252. The van der Waals surface area contributed by atoms with Crippen molar-refractivity contribution in [2.45, 2.75) is 98.4 Å². The zero-order chi connectivity index (χ0) is 26.8. The predicted molar refractivity (Wildman–Crippen MR) is 136 cm³/mol. The van der Waals surface area contributed by atoms with E-state index in [0.29, 0.717) is 31.4 Å². The van der Waals surface area contributed by atoms with Gasteiger partial charge in [-0.15, -0.1) is 0 Å². The van der Waals surface area contributed by atoms with Gasteiger partial charge in [0.2, 0.25) is 6.29 Å². The van der Waals surface area contributed by atoms with Gasteiger partial charge in [-0.3, -0.25) is 9.59 Å². The zero-order valence-electron chi connectivity index (χ0n) is 22.7. The molecule has 0 aromatic heterocycles. The molecule has 0 amide bonds. The van der Waals surface area contributed by atoms with Gasteiger partial charge in [-0.1, -0.05) is 52.5 Å². The van der Waals surface area contributed by atoms with E-state index in [1.54, 1.807) is 6.08 Å². The lowest BCUT2D eigenvalue weighted by Crippen LogP contribution is -2.63. The van der Waals surface area contributed by atoms with Crippen LogP contribution in [0.5, 0.6) is 0 Å². The number of rotatable bonds is 10. The second kappa shape index (κ2) is 11.2. The van der Waals surface area contributed by atoms with E-state index in [9.17, 15) is 14.7 Å². The van der Waals surface area contributed by atoms with Crippen LogP contribution >= 0.6 is 0 Å². The van der Waals surface area contributed by atoms with Crippen molar-refractivity contribution in [1.82, 2.24) is 0 Å². The Bertz CT molecular complexity index is 894. The maximum absolute atomic E-state index is 12.8. The summed E-state index contributed by atoms with van der Waals surface area (Å²) in [6.07, 6.45) is 3.76. The van der Waals surface area contributed by atoms with Crippen molar-refractivity contribution in [2.75, 3.05) is 6.61 Å². The van der Waals surface area contributed by atoms with Crippen LogP contribution in [0.2, 0.25) is 0 Å². The standard InChI is InChI=1S/C29H44O7/c1-9-17(4)12-13-28(8)19(6)14-24(31)29-22(26(33-11-3)36-27(29)34-20(7)30)15-21(16-23(28)29)35-25(32)18(5)10-2/h9,15,18-19,21,23-24,26-27,31H,1,4,10-14,16H2,2-3,5-8H3/t18-,19-,21+,23+,24+,26+,27-,28-,29-/m1/s1. The molecule has 1 saturated carbocycles. The number of hydrogen-bond acceptors (Lipinski definition) is 7. The SMILES string of the molecule is C=CC(=C)CC[C@]1(C)[C@H](C)C[C@H](O)[C@@]23C(=C[C@H](OC(=O)[C@H](C)CC)C[C@@H]12)[C@@H](OCC)O[C@H]3OC(C)=O. The van der Waals surface area contributed by atoms with Crippen LogP contribution < -0.4 is 0 Å². The molecular formula is C29H44O7. The first kappa shape index (κ1) is 28.6. The van der Waals surface area contributed by atoms with Crippen molar-refractivity contribution < 1.29 is 33.6 Å². The predicted octanol–water partition coefficient (Wildman–Crippen LogP) is 5.09. The Morgan fingerprint density at radius 3 is 2.58 bits per heavy atom. The molecule has 9 atom stereocenters. The minimum Gasteiger partial charge on any atom is -0.458 e. The summed E-state index contributed by atoms with van der Waals surface area (Å²) in [5.41, 5.74) is 0.360. The van der Waals surface area contributed by atoms with Crippen LogP contribution in [0, 0.1) is 28.6 Å². The molecule has 0 aromatic carbocycles. The van der Waals surface area contributed by atoms with Crippen LogP contribution in [0.25, 0.3) is 0 Å². The first-order valence-electron chi connectivity index (χ1n) is 13.3. The lowest BCUT2D eigenvalue weighted by atomic mass is 9.45. The Morgan fingerprint density at radius 2 is 2.00 bits per heavy atom. The van der Waals surface area contributed by atoms with E-state index >= 15 is 0 Å². The molecule has 0 radical (unpaired) electrons. The van der Waals surface area contributed by atoms with E-state index < -0.39 is 36.2 Å². The van der Waals surface area contributed by atoms with Crippen LogP contribution in [0.1, 0.15) is 73.6 Å². The molecule has 1 heterocycles. The highest BCUT2D eigenvalue weighted by molar-refractivity contribution is 5.72. The Balaban J connectivity index is 2.16. The fraction of sp³-hybridized carbons (Fsp3) is 0.724. The summed E-state index contributed by atoms with van der Waals surface area (Å²) in [5, 5.41) is 11.7. The Labute approximate surface area is 215 Å². The average molecular weight is 505 g/mol. The minimum absolute atomic E-state index is 0.148. The summed E-state index contributed by atoms with van der Waals surface area (Å²) >= 11 is 0. The molecular weight excluding hydrogens is 460 g/mol. The van der Waals surface area contributed by atoms with Gasteiger partial charge in [0.25, 0.3) is 0 Å². The van der Waals surface area contributed by atoms with E-state index in [2.05, 4.69) is 27.0 Å². The van der Waals surface area contributed by atoms with Crippen molar-refractivity contribution in [3.63, 3.8) is 0 Å². The van der Waals surface area contributed by atoms with Crippen molar-refractivity contribution in [3.05, 3.63) is 36.5 Å². The molecule has 1 saturated heterocycles. The number of esters is 2. The number of hydrogen-bond donors (Lipinski definition) is 1. The highest BCUT2D eigenvalue weighted by atomic mass is 16.8. The van der Waals surface area contributed by atoms with Gasteiger partial charge in [-0.05, 0) is 62.4 Å². The molecule has 3 rings (SSSR count). The number of ether oxygens (including phenoxy) is 4. The molecule has 36 heavy (non-hydrogen) atoms. The first-order chi connectivity index (χ1) is 16.9. The fourth-order valence-electron chi connectivity index (χ4n) is 6.48. The second-order valence-electron chi connectivity index (χ2n) is 11.0. The van der Waals surface area contributed by atoms with Gasteiger partial charge in [0, 0.05) is 19.1 Å². The third-order valence-electron chi connectivity index (χ3n) is 9.00. The third-order valence-corrected chi connectivity index (χ3v) is 9.00. The molecule has 3 aliphatic rings. The molecule has 7 heteroatoms. The highest BCUT2D eigenvalue weighted by Gasteiger charge is 2.71. The van der Waals surface area contributed by atoms with E-state index in [1.165, 1.54) is 6.92 Å². The summed E-state index contributed by atoms with van der Waals surface area (Å²) in [5.74, 6) is -1.01. The van der Waals surface area contributed by atoms with Crippen molar-refractivity contribution in [2.24, 2.45) is 28.6 Å². The van der Waals surface area contributed by atoms with Crippen molar-refractivity contribution >= 4 is 11.9 Å². The molecule has 0 aromatic rings. The molecule has 0 bridgehead atoms. The number of aliphatic hydroxyl groups is 1. The van der Waals surface area contributed by atoms with Gasteiger partial charge in [0.15, 0.2) is 6.29 Å². The van der Waals surface area contributed by atoms with Gasteiger partial charge in [-0.2, -0.15) is 0 Å². The number of aliphatic hydroxyl groups excluding tert-OH is 1. The molecule has 1 spiro atoms. The average Bonchev–Trinajstić information content (AvgIpc) is 3.13. The number of carbonyl (C=O) groups excluding carboxylic acids is 2. The smallest absolute Gasteiger partial charge is 0.309 e. The molecule has 2 fully saturated rings. The number of allylic oxidation sites excluding steroid dienone is 2. The van der Waals surface area contributed by atoms with Crippen molar-refractivity contribution in [3.8, 4) is 0 Å². The normalized spacial score (nSPS) is 38.2. The van der Waals surface area contributed by atoms with E-state index in [4.69, 9.17) is 18.9 Å². The molecule has 1 N–H and O–H groups in total. The van der Waals surface area contributed by atoms with Crippen LogP contribution in [-0.4, -0.2) is 48.4 Å². The monoisotopic (exact) mass is 504 g/mol. The summed E-state index contributed by atoms with van der Waals surface area (Å²) in [4.78, 5) is 25.0. The highest BCUT2D eigenvalue weighted by Crippen LogP contribution is 2.67. The van der Waals surface area contributed by atoms with Gasteiger partial charge in [0.1, 0.15) is 6.10 Å². The van der Waals surface area contributed by atoms with Crippen LogP contribution in [-0.2, 0) is 28.5 Å². The molecule has 1 aliphatic heterocycles. The summed E-state index contributed by atoms with van der Waals surface area (Å²) in [7, 11) is 0. The third kappa shape index (κ3) is 4.94. The topological polar surface area (TPSA) is 91.3 Å². The van der Waals surface area contributed by atoms with Crippen molar-refractivity contribution in [1.29, 1.82) is 0 Å². The molecule has 2 aliphatic carbocycles. The van der Waals surface area contributed by atoms with Crippen LogP contribution in [0.15, 0.2) is 36.5 Å². The maximum atomic E-state index is 12.8. The van der Waals surface area contributed by atoms with Gasteiger partial charge in [-0.25, -0.2) is 0 Å². The summed E-state index contributed by atoms with van der Waals surface area (Å²) < 4.78 is 23.9. The summed E-state index contributed by atoms with van der Waals surface area (Å²) in [6, 6.07) is 0. The van der Waals surface area contributed by atoms with E-state index in [1.807, 2.05) is 26.8 Å². The van der Waals surface area contributed by atoms with E-state index in [-0.39, 0.29) is 29.1 Å². The summed E-state index contributed by atoms with van der Waals surface area (Å²) in [6.45, 7) is 19.7. The lowest BCUT2D eigenvalue weighted by Gasteiger charge is -2.60. The second-order valence-corrected chi connectivity index (χ2v) is 11.0. The zero-order valence-corrected chi connectivity index (χ0v) is 22.7. The Morgan fingerprint density at radius 1 is 1.31 bits per heavy atom. The van der Waals surface area contributed by atoms with E-state index in [0.717, 1.165) is 18.4 Å². The molecule has 202 valence electrons. The molecule has 0 unspecified atom stereocenters. The van der Waals surface area contributed by atoms with Gasteiger partial charge in [0.05, 0.1) is 17.4 Å². The Kier molecular flexibility index (Phi) is 8.90. The first-order valence-corrected chi connectivity index (χ1v) is 13.3. The maximum Gasteiger partial charge on any atom is 0.309 e. The minimum atomic E-state index is -1.00. The lowest BCUT2D eigenvalue weighted by molar-refractivity contribution is -0.256.